The highest BCUT2D eigenvalue weighted by Gasteiger charge is 2.20. The van der Waals surface area contributed by atoms with Gasteiger partial charge in [-0.25, -0.2) is 4.39 Å². The molecule has 0 aliphatic carbocycles. The standard InChI is InChI=1S/C16H16FN2OP/c1-4-12-6-7-14(13(17)10-12)19-15-11-18-9-8-16(15)21(3,20)5-2/h1,6-11,19H,5H2,2-3H3/t21-/m1/s1. The fourth-order valence-electron chi connectivity index (χ4n) is 1.92. The highest BCUT2D eigenvalue weighted by molar-refractivity contribution is 7.71. The molecule has 1 aromatic carbocycles. The third kappa shape index (κ3) is 3.32. The van der Waals surface area contributed by atoms with Crippen LogP contribution in [0.5, 0.6) is 0 Å². The number of hydrogen-bond donors (Lipinski definition) is 1. The van der Waals surface area contributed by atoms with E-state index >= 15 is 0 Å². The summed E-state index contributed by atoms with van der Waals surface area (Å²) in [6.07, 6.45) is 8.91. The number of terminal acetylenes is 1. The molecule has 1 atom stereocenters. The molecule has 0 aliphatic heterocycles. The van der Waals surface area contributed by atoms with E-state index in [1.807, 2.05) is 6.92 Å². The highest BCUT2D eigenvalue weighted by Crippen LogP contribution is 2.41. The molecule has 21 heavy (non-hydrogen) atoms. The maximum absolute atomic E-state index is 14.0. The second-order valence-electron chi connectivity index (χ2n) is 4.77. The Morgan fingerprint density at radius 3 is 2.76 bits per heavy atom. The molecule has 0 spiro atoms. The topological polar surface area (TPSA) is 42.0 Å². The molecule has 0 aliphatic rings. The minimum absolute atomic E-state index is 0.277. The van der Waals surface area contributed by atoms with Gasteiger partial charge in [-0.3, -0.25) is 4.98 Å². The van der Waals surface area contributed by atoms with Gasteiger partial charge >= 0.3 is 0 Å². The summed E-state index contributed by atoms with van der Waals surface area (Å²) in [5.74, 6) is 1.92. The minimum Gasteiger partial charge on any atom is -0.351 e. The monoisotopic (exact) mass is 302 g/mol. The van der Waals surface area contributed by atoms with Crippen molar-refractivity contribution in [3.63, 3.8) is 0 Å². The molecule has 108 valence electrons. The Labute approximate surface area is 124 Å². The highest BCUT2D eigenvalue weighted by atomic mass is 31.2. The molecule has 0 amide bonds. The van der Waals surface area contributed by atoms with Crippen LogP contribution in [0.1, 0.15) is 12.5 Å². The number of benzene rings is 1. The maximum atomic E-state index is 14.0. The largest absolute Gasteiger partial charge is 0.351 e. The van der Waals surface area contributed by atoms with Crippen molar-refractivity contribution in [2.45, 2.75) is 6.92 Å². The van der Waals surface area contributed by atoms with Crippen molar-refractivity contribution in [3.05, 3.63) is 48.0 Å². The summed E-state index contributed by atoms with van der Waals surface area (Å²) < 4.78 is 26.6. The lowest BCUT2D eigenvalue weighted by atomic mass is 10.2. The number of aromatic nitrogens is 1. The molecule has 0 radical (unpaired) electrons. The first kappa shape index (κ1) is 15.3. The van der Waals surface area contributed by atoms with Gasteiger partial charge in [-0.1, -0.05) is 12.8 Å². The van der Waals surface area contributed by atoms with E-state index in [1.54, 1.807) is 37.3 Å². The van der Waals surface area contributed by atoms with Gasteiger partial charge in [-0.15, -0.1) is 6.42 Å². The van der Waals surface area contributed by atoms with E-state index in [0.717, 1.165) is 0 Å². The SMILES string of the molecule is C#Cc1ccc(Nc2cnccc2[P@](C)(=O)CC)c(F)c1. The Kier molecular flexibility index (Phi) is 4.45. The van der Waals surface area contributed by atoms with Crippen molar-refractivity contribution in [1.29, 1.82) is 0 Å². The summed E-state index contributed by atoms with van der Waals surface area (Å²) in [6.45, 7) is 3.58. The third-order valence-electron chi connectivity index (χ3n) is 3.32. The average Bonchev–Trinajstić information content (AvgIpc) is 2.49. The van der Waals surface area contributed by atoms with Gasteiger partial charge in [-0.05, 0) is 30.9 Å². The predicted molar refractivity (Wildman–Crippen MR) is 85.6 cm³/mol. The lowest BCUT2D eigenvalue weighted by Crippen LogP contribution is -2.12. The summed E-state index contributed by atoms with van der Waals surface area (Å²) in [5.41, 5.74) is 1.30. The second-order valence-corrected chi connectivity index (χ2v) is 8.09. The van der Waals surface area contributed by atoms with Gasteiger partial charge in [0.15, 0.2) is 0 Å². The van der Waals surface area contributed by atoms with Crippen molar-refractivity contribution in [2.75, 3.05) is 18.1 Å². The smallest absolute Gasteiger partial charge is 0.147 e. The number of anilines is 2. The summed E-state index contributed by atoms with van der Waals surface area (Å²) in [7, 11) is -2.49. The van der Waals surface area contributed by atoms with E-state index in [-0.39, 0.29) is 5.69 Å². The zero-order chi connectivity index (χ0) is 15.5. The first-order valence-corrected chi connectivity index (χ1v) is 8.86. The first-order chi connectivity index (χ1) is 9.97. The van der Waals surface area contributed by atoms with Gasteiger partial charge in [0.1, 0.15) is 13.0 Å². The van der Waals surface area contributed by atoms with Crippen molar-refractivity contribution in [2.24, 2.45) is 0 Å². The van der Waals surface area contributed by atoms with Gasteiger partial charge in [-0.2, -0.15) is 0 Å². The molecule has 2 aromatic rings. The quantitative estimate of drug-likeness (QED) is 0.693. The Balaban J connectivity index is 2.42. The zero-order valence-corrected chi connectivity index (χ0v) is 12.8. The van der Waals surface area contributed by atoms with Crippen LogP contribution in [-0.4, -0.2) is 17.8 Å². The van der Waals surface area contributed by atoms with Gasteiger partial charge in [0.05, 0.1) is 17.6 Å². The number of pyridine rings is 1. The molecular formula is C16H16FN2OP. The van der Waals surface area contributed by atoms with E-state index < -0.39 is 13.0 Å². The van der Waals surface area contributed by atoms with Crippen LogP contribution in [0.15, 0.2) is 36.7 Å². The summed E-state index contributed by atoms with van der Waals surface area (Å²) in [4.78, 5) is 4.01. The molecule has 0 unspecified atom stereocenters. The number of hydrogen-bond acceptors (Lipinski definition) is 3. The van der Waals surface area contributed by atoms with Gasteiger partial charge in [0.2, 0.25) is 0 Å². The molecule has 0 saturated carbocycles. The summed E-state index contributed by atoms with van der Waals surface area (Å²) >= 11 is 0. The molecule has 1 aromatic heterocycles. The Morgan fingerprint density at radius 2 is 2.14 bits per heavy atom. The van der Waals surface area contributed by atoms with E-state index in [0.29, 0.717) is 22.7 Å². The minimum atomic E-state index is -2.49. The fourth-order valence-corrected chi connectivity index (χ4v) is 3.26. The molecule has 0 saturated heterocycles. The first-order valence-electron chi connectivity index (χ1n) is 6.52. The number of rotatable bonds is 4. The van der Waals surface area contributed by atoms with Crippen LogP contribution in [0.2, 0.25) is 0 Å². The summed E-state index contributed by atoms with van der Waals surface area (Å²) in [6, 6.07) is 6.20. The number of halogens is 1. The van der Waals surface area contributed by atoms with Crippen LogP contribution in [0.3, 0.4) is 0 Å². The molecule has 1 heterocycles. The Morgan fingerprint density at radius 1 is 1.38 bits per heavy atom. The molecule has 3 nitrogen and oxygen atoms in total. The molecule has 0 bridgehead atoms. The maximum Gasteiger partial charge on any atom is 0.147 e. The predicted octanol–water partition coefficient (Wildman–Crippen LogP) is 3.58. The lowest BCUT2D eigenvalue weighted by molar-refractivity contribution is 0.585. The van der Waals surface area contributed by atoms with E-state index in [4.69, 9.17) is 6.42 Å². The van der Waals surface area contributed by atoms with Crippen LogP contribution in [0.4, 0.5) is 15.8 Å². The molecule has 1 N–H and O–H groups in total. The lowest BCUT2D eigenvalue weighted by Gasteiger charge is -2.17. The molecule has 0 fully saturated rings. The second kappa shape index (κ2) is 6.11. The normalized spacial score (nSPS) is 13.2. The van der Waals surface area contributed by atoms with Crippen molar-refractivity contribution in [3.8, 4) is 12.3 Å². The van der Waals surface area contributed by atoms with Gasteiger partial charge < -0.3 is 9.88 Å². The van der Waals surface area contributed by atoms with E-state index in [2.05, 4.69) is 16.2 Å². The van der Waals surface area contributed by atoms with Gasteiger partial charge in [0.25, 0.3) is 0 Å². The van der Waals surface area contributed by atoms with Crippen molar-refractivity contribution in [1.82, 2.24) is 4.98 Å². The Hall–Kier alpha value is -2.11. The van der Waals surface area contributed by atoms with Crippen LogP contribution in [0.25, 0.3) is 0 Å². The fraction of sp³-hybridized carbons (Fsp3) is 0.188. The van der Waals surface area contributed by atoms with Crippen LogP contribution in [0, 0.1) is 18.2 Å². The summed E-state index contributed by atoms with van der Waals surface area (Å²) in [5, 5.41) is 3.62. The van der Waals surface area contributed by atoms with Crippen molar-refractivity contribution < 1.29 is 8.96 Å². The average molecular weight is 302 g/mol. The number of nitrogens with zero attached hydrogens (tertiary/aromatic N) is 1. The number of nitrogens with one attached hydrogen (secondary N) is 1. The molecular weight excluding hydrogens is 286 g/mol. The Bertz CT molecular complexity index is 752. The van der Waals surface area contributed by atoms with Crippen LogP contribution < -0.4 is 10.6 Å². The molecule has 5 heteroatoms. The van der Waals surface area contributed by atoms with E-state index in [1.165, 1.54) is 6.07 Å². The third-order valence-corrected chi connectivity index (χ3v) is 5.93. The molecule has 2 rings (SSSR count). The van der Waals surface area contributed by atoms with Crippen LogP contribution >= 0.6 is 7.14 Å². The zero-order valence-electron chi connectivity index (χ0n) is 11.9. The van der Waals surface area contributed by atoms with Crippen LogP contribution in [-0.2, 0) is 4.57 Å². The van der Waals surface area contributed by atoms with Crippen molar-refractivity contribution >= 4 is 23.8 Å². The van der Waals surface area contributed by atoms with Gasteiger partial charge in [0, 0.05) is 23.2 Å². The van der Waals surface area contributed by atoms with E-state index in [9.17, 15) is 8.96 Å².